The zero-order valence-electron chi connectivity index (χ0n) is 19.1. The van der Waals surface area contributed by atoms with Crippen LogP contribution in [0.1, 0.15) is 31.4 Å². The van der Waals surface area contributed by atoms with Gasteiger partial charge in [-0.3, -0.25) is 14.4 Å². The number of nitrogens with zero attached hydrogens (tertiary/aromatic N) is 2. The summed E-state index contributed by atoms with van der Waals surface area (Å²) >= 11 is 0. The van der Waals surface area contributed by atoms with Gasteiger partial charge < -0.3 is 19.9 Å². The molecule has 0 aliphatic carbocycles. The number of nitrogens with one attached hydrogen (secondary N) is 1. The van der Waals surface area contributed by atoms with Crippen LogP contribution in [-0.4, -0.2) is 54.3 Å². The van der Waals surface area contributed by atoms with E-state index in [0.29, 0.717) is 30.8 Å². The molecule has 0 fully saturated rings. The predicted molar refractivity (Wildman–Crippen MR) is 123 cm³/mol. The number of amides is 3. The Morgan fingerprint density at radius 2 is 1.72 bits per heavy atom. The highest BCUT2D eigenvalue weighted by Gasteiger charge is 2.34. The summed E-state index contributed by atoms with van der Waals surface area (Å²) in [6.07, 6.45) is 0.892. The van der Waals surface area contributed by atoms with Crippen LogP contribution < -0.4 is 10.1 Å². The van der Waals surface area contributed by atoms with E-state index in [1.807, 2.05) is 38.1 Å². The van der Waals surface area contributed by atoms with E-state index in [4.69, 9.17) is 4.74 Å². The van der Waals surface area contributed by atoms with Gasteiger partial charge >= 0.3 is 0 Å². The molecule has 0 aromatic heterocycles. The van der Waals surface area contributed by atoms with Gasteiger partial charge in [-0.05, 0) is 41.3 Å². The molecule has 1 atom stereocenters. The summed E-state index contributed by atoms with van der Waals surface area (Å²) < 4.78 is 5.47. The molecule has 32 heavy (non-hydrogen) atoms. The molecule has 1 unspecified atom stereocenters. The number of rotatable bonds is 7. The predicted octanol–water partition coefficient (Wildman–Crippen LogP) is 3.09. The zero-order chi connectivity index (χ0) is 23.3. The number of hydrogen-bond donors (Lipinski definition) is 1. The lowest BCUT2D eigenvalue weighted by Crippen LogP contribution is -2.50. The molecular formula is C25H31N3O4. The number of anilines is 1. The molecule has 2 aromatic rings. The van der Waals surface area contributed by atoms with Crippen molar-refractivity contribution in [2.45, 2.75) is 39.3 Å². The molecule has 0 saturated carbocycles. The van der Waals surface area contributed by atoms with Gasteiger partial charge in [-0.1, -0.05) is 38.1 Å². The fourth-order valence-electron chi connectivity index (χ4n) is 3.62. The molecule has 0 radical (unpaired) electrons. The second-order valence-corrected chi connectivity index (χ2v) is 8.70. The van der Waals surface area contributed by atoms with Crippen molar-refractivity contribution in [3.8, 4) is 5.75 Å². The average molecular weight is 438 g/mol. The van der Waals surface area contributed by atoms with E-state index in [-0.39, 0.29) is 30.2 Å². The number of likely N-dealkylation sites (N-methyl/N-ethyl adjacent to an activating group) is 1. The van der Waals surface area contributed by atoms with Crippen LogP contribution in [0, 0.1) is 5.92 Å². The summed E-state index contributed by atoms with van der Waals surface area (Å²) in [7, 11) is 3.34. The summed E-state index contributed by atoms with van der Waals surface area (Å²) in [6.45, 7) is 4.39. The van der Waals surface area contributed by atoms with E-state index in [2.05, 4.69) is 5.32 Å². The number of ether oxygens (including phenoxy) is 1. The van der Waals surface area contributed by atoms with Crippen molar-refractivity contribution < 1.29 is 19.1 Å². The average Bonchev–Trinajstić information content (AvgIpc) is 2.76. The molecule has 2 aromatic carbocycles. The zero-order valence-corrected chi connectivity index (χ0v) is 19.1. The Labute approximate surface area is 189 Å². The van der Waals surface area contributed by atoms with Crippen molar-refractivity contribution in [2.75, 3.05) is 26.0 Å². The second-order valence-electron chi connectivity index (χ2n) is 8.70. The van der Waals surface area contributed by atoms with E-state index in [1.165, 1.54) is 4.90 Å². The van der Waals surface area contributed by atoms with Gasteiger partial charge in [0.05, 0.1) is 0 Å². The van der Waals surface area contributed by atoms with Crippen molar-refractivity contribution in [1.82, 2.24) is 9.80 Å². The number of hydrogen-bond acceptors (Lipinski definition) is 4. The van der Waals surface area contributed by atoms with E-state index in [0.717, 1.165) is 11.1 Å². The van der Waals surface area contributed by atoms with Crippen molar-refractivity contribution >= 4 is 23.4 Å². The normalized spacial score (nSPS) is 15.2. The van der Waals surface area contributed by atoms with E-state index < -0.39 is 6.04 Å². The second kappa shape index (κ2) is 10.3. The maximum Gasteiger partial charge on any atom is 0.259 e. The van der Waals surface area contributed by atoms with Crippen molar-refractivity contribution in [2.24, 2.45) is 5.92 Å². The maximum atomic E-state index is 13.2. The highest BCUT2D eigenvalue weighted by Crippen LogP contribution is 2.26. The SMILES string of the molecule is CC(C)CC(=O)N1Cc2ccccc2CC1C(=O)Nc1ccc(OCC(=O)N(C)C)cc1. The van der Waals surface area contributed by atoms with Crippen molar-refractivity contribution in [3.63, 3.8) is 0 Å². The van der Waals surface area contributed by atoms with Crippen molar-refractivity contribution in [1.29, 1.82) is 0 Å². The molecule has 7 nitrogen and oxygen atoms in total. The minimum atomic E-state index is -0.565. The third-order valence-corrected chi connectivity index (χ3v) is 5.44. The molecular weight excluding hydrogens is 406 g/mol. The molecule has 1 heterocycles. The number of carbonyl (C=O) groups is 3. The van der Waals surface area contributed by atoms with E-state index >= 15 is 0 Å². The Bertz CT molecular complexity index is 969. The van der Waals surface area contributed by atoms with Crippen LogP contribution in [0.3, 0.4) is 0 Å². The van der Waals surface area contributed by atoms with Gasteiger partial charge in [0, 0.05) is 39.2 Å². The lowest BCUT2D eigenvalue weighted by atomic mass is 9.92. The van der Waals surface area contributed by atoms with E-state index in [9.17, 15) is 14.4 Å². The summed E-state index contributed by atoms with van der Waals surface area (Å²) in [5.74, 6) is 0.400. The first kappa shape index (κ1) is 23.3. The first-order valence-corrected chi connectivity index (χ1v) is 10.8. The smallest absolute Gasteiger partial charge is 0.259 e. The van der Waals surface area contributed by atoms with Crippen LogP contribution >= 0.6 is 0 Å². The molecule has 0 spiro atoms. The Morgan fingerprint density at radius 1 is 1.06 bits per heavy atom. The summed E-state index contributed by atoms with van der Waals surface area (Å²) in [5, 5.41) is 2.93. The molecule has 3 rings (SSSR count). The van der Waals surface area contributed by atoms with Crippen LogP contribution in [-0.2, 0) is 27.3 Å². The van der Waals surface area contributed by atoms with Crippen LogP contribution in [0.5, 0.6) is 5.75 Å². The van der Waals surface area contributed by atoms with Crippen LogP contribution in [0.4, 0.5) is 5.69 Å². The van der Waals surface area contributed by atoms with Crippen LogP contribution in [0.15, 0.2) is 48.5 Å². The molecule has 0 saturated heterocycles. The lowest BCUT2D eigenvalue weighted by Gasteiger charge is -2.36. The minimum absolute atomic E-state index is 0.0102. The highest BCUT2D eigenvalue weighted by molar-refractivity contribution is 5.97. The van der Waals surface area contributed by atoms with Gasteiger partial charge in [-0.15, -0.1) is 0 Å². The molecule has 170 valence electrons. The van der Waals surface area contributed by atoms with Gasteiger partial charge in [0.25, 0.3) is 5.91 Å². The molecule has 1 N–H and O–H groups in total. The quantitative estimate of drug-likeness (QED) is 0.722. The Balaban J connectivity index is 1.70. The van der Waals surface area contributed by atoms with Gasteiger partial charge in [-0.2, -0.15) is 0 Å². The summed E-state index contributed by atoms with van der Waals surface area (Å²) in [4.78, 5) is 40.9. The topological polar surface area (TPSA) is 79.0 Å². The van der Waals surface area contributed by atoms with Gasteiger partial charge in [0.1, 0.15) is 11.8 Å². The first-order chi connectivity index (χ1) is 15.2. The lowest BCUT2D eigenvalue weighted by molar-refractivity contribution is -0.140. The standard InChI is InChI=1S/C25H31N3O4/c1-17(2)13-23(29)28-15-19-8-6-5-7-18(19)14-22(28)25(31)26-20-9-11-21(12-10-20)32-16-24(30)27(3)4/h5-12,17,22H,13-16H2,1-4H3,(H,26,31). The van der Waals surface area contributed by atoms with Gasteiger partial charge in [0.15, 0.2) is 6.61 Å². The maximum absolute atomic E-state index is 13.2. The minimum Gasteiger partial charge on any atom is -0.484 e. The fourth-order valence-corrected chi connectivity index (χ4v) is 3.62. The highest BCUT2D eigenvalue weighted by atomic mass is 16.5. The fraction of sp³-hybridized carbons (Fsp3) is 0.400. The number of benzene rings is 2. The van der Waals surface area contributed by atoms with Gasteiger partial charge in [-0.25, -0.2) is 0 Å². The Morgan fingerprint density at radius 3 is 2.34 bits per heavy atom. The molecule has 0 bridgehead atoms. The number of carbonyl (C=O) groups excluding carboxylic acids is 3. The third kappa shape index (κ3) is 5.87. The summed E-state index contributed by atoms with van der Waals surface area (Å²) in [5.41, 5.74) is 2.79. The third-order valence-electron chi connectivity index (χ3n) is 5.44. The molecule has 1 aliphatic rings. The van der Waals surface area contributed by atoms with Crippen molar-refractivity contribution in [3.05, 3.63) is 59.7 Å². The molecule has 1 aliphatic heterocycles. The Kier molecular flexibility index (Phi) is 7.51. The summed E-state index contributed by atoms with van der Waals surface area (Å²) in [6, 6.07) is 14.2. The van der Waals surface area contributed by atoms with Crippen LogP contribution in [0.25, 0.3) is 0 Å². The number of fused-ring (bicyclic) bond motifs is 1. The van der Waals surface area contributed by atoms with Gasteiger partial charge in [0.2, 0.25) is 11.8 Å². The molecule has 3 amide bonds. The monoisotopic (exact) mass is 437 g/mol. The first-order valence-electron chi connectivity index (χ1n) is 10.8. The Hall–Kier alpha value is -3.35. The van der Waals surface area contributed by atoms with E-state index in [1.54, 1.807) is 43.3 Å². The molecule has 7 heteroatoms. The largest absolute Gasteiger partial charge is 0.484 e. The van der Waals surface area contributed by atoms with Crippen LogP contribution in [0.2, 0.25) is 0 Å².